The van der Waals surface area contributed by atoms with Gasteiger partial charge in [-0.1, -0.05) is 30.3 Å². The Kier molecular flexibility index (Phi) is 6.57. The van der Waals surface area contributed by atoms with Gasteiger partial charge in [-0.15, -0.1) is 21.5 Å². The minimum absolute atomic E-state index is 0.121. The molecular formula is C27H23FN8OS. The maximum absolute atomic E-state index is 14.3. The molecule has 1 N–H and O–H groups in total. The van der Waals surface area contributed by atoms with Crippen LogP contribution in [-0.2, 0) is 4.79 Å². The minimum atomic E-state index is -0.396. The van der Waals surface area contributed by atoms with Gasteiger partial charge >= 0.3 is 0 Å². The van der Waals surface area contributed by atoms with Crippen molar-refractivity contribution in [3.8, 4) is 27.6 Å². The summed E-state index contributed by atoms with van der Waals surface area (Å²) >= 11 is 1.37. The van der Waals surface area contributed by atoms with E-state index in [1.165, 1.54) is 28.4 Å². The molecular weight excluding hydrogens is 503 g/mol. The van der Waals surface area contributed by atoms with Gasteiger partial charge in [0.15, 0.2) is 11.6 Å². The molecule has 190 valence electrons. The van der Waals surface area contributed by atoms with E-state index in [9.17, 15) is 9.18 Å². The highest BCUT2D eigenvalue weighted by molar-refractivity contribution is 7.13. The van der Waals surface area contributed by atoms with E-state index in [4.69, 9.17) is 0 Å². The van der Waals surface area contributed by atoms with Crippen molar-refractivity contribution in [1.29, 1.82) is 0 Å². The number of nitrogens with one attached hydrogen (secondary N) is 1. The van der Waals surface area contributed by atoms with Crippen molar-refractivity contribution in [1.82, 2.24) is 29.9 Å². The van der Waals surface area contributed by atoms with Gasteiger partial charge in [0.05, 0.1) is 11.4 Å². The molecule has 0 spiro atoms. The molecule has 1 aliphatic rings. The molecule has 1 unspecified atom stereocenters. The molecule has 9 nitrogen and oxygen atoms in total. The smallest absolute Gasteiger partial charge is 0.247 e. The van der Waals surface area contributed by atoms with E-state index < -0.39 is 6.04 Å². The summed E-state index contributed by atoms with van der Waals surface area (Å²) in [5.74, 6) is 0.751. The molecule has 1 fully saturated rings. The number of nitrogens with zero attached hydrogens (tertiary/aromatic N) is 7. The number of carbonyl (C=O) groups excluding carboxylic acids is 1. The predicted molar refractivity (Wildman–Crippen MR) is 144 cm³/mol. The summed E-state index contributed by atoms with van der Waals surface area (Å²) in [4.78, 5) is 24.2. The van der Waals surface area contributed by atoms with E-state index in [1.807, 2.05) is 46.7 Å². The second-order valence-corrected chi connectivity index (χ2v) is 9.71. The van der Waals surface area contributed by atoms with Crippen LogP contribution in [0, 0.1) is 5.82 Å². The Balaban J connectivity index is 1.23. The molecule has 0 radical (unpaired) electrons. The number of hydrogen-bond donors (Lipinski definition) is 1. The number of anilines is 2. The Bertz CT molecular complexity index is 1550. The summed E-state index contributed by atoms with van der Waals surface area (Å²) in [7, 11) is 0. The number of aromatic nitrogens is 6. The molecule has 1 aliphatic heterocycles. The van der Waals surface area contributed by atoms with Gasteiger partial charge in [0, 0.05) is 23.1 Å². The van der Waals surface area contributed by atoms with Gasteiger partial charge in [0.2, 0.25) is 5.91 Å². The Labute approximate surface area is 222 Å². The number of thiazole rings is 1. The molecule has 6 rings (SSSR count). The van der Waals surface area contributed by atoms with Gasteiger partial charge in [-0.2, -0.15) is 5.10 Å². The third kappa shape index (κ3) is 4.75. The van der Waals surface area contributed by atoms with Crippen LogP contribution in [0.3, 0.4) is 0 Å². The van der Waals surface area contributed by atoms with Crippen LogP contribution in [0.25, 0.3) is 27.6 Å². The zero-order chi connectivity index (χ0) is 25.9. The number of amides is 1. The number of piperidine rings is 1. The fourth-order valence-corrected chi connectivity index (χ4v) is 5.43. The average Bonchev–Trinajstić information content (AvgIpc) is 3.67. The third-order valence-electron chi connectivity index (χ3n) is 6.46. The summed E-state index contributed by atoms with van der Waals surface area (Å²) in [5.41, 5.74) is 2.57. The number of para-hydroxylation sites is 1. The predicted octanol–water partition coefficient (Wildman–Crippen LogP) is 4.98. The van der Waals surface area contributed by atoms with Gasteiger partial charge in [0.1, 0.15) is 29.5 Å². The van der Waals surface area contributed by atoms with Gasteiger partial charge < -0.3 is 10.2 Å². The molecule has 1 saturated heterocycles. The first-order valence-corrected chi connectivity index (χ1v) is 13.1. The first kappa shape index (κ1) is 23.9. The largest absolute Gasteiger partial charge is 0.343 e. The number of benzene rings is 2. The number of hydrogen-bond acceptors (Lipinski definition) is 8. The van der Waals surface area contributed by atoms with Crippen LogP contribution in [0.4, 0.5) is 15.9 Å². The molecule has 0 aliphatic carbocycles. The Morgan fingerprint density at radius 2 is 1.76 bits per heavy atom. The SMILES string of the molecule is O=C(Nc1ccccc1-c1csc(-c2ccccc2F)n1)C1CCCCN1c1ccc(-n2cncn2)nn1. The monoisotopic (exact) mass is 526 g/mol. The van der Waals surface area contributed by atoms with E-state index in [0.29, 0.717) is 46.6 Å². The van der Waals surface area contributed by atoms with Crippen molar-refractivity contribution < 1.29 is 9.18 Å². The highest BCUT2D eigenvalue weighted by Gasteiger charge is 2.30. The number of carbonyl (C=O) groups is 1. The Hall–Kier alpha value is -4.51. The number of halogens is 1. The highest BCUT2D eigenvalue weighted by atomic mass is 32.1. The van der Waals surface area contributed by atoms with E-state index >= 15 is 0 Å². The van der Waals surface area contributed by atoms with Gasteiger partial charge in [-0.3, -0.25) is 4.79 Å². The van der Waals surface area contributed by atoms with E-state index in [2.05, 4.69) is 30.6 Å². The molecule has 1 atom stereocenters. The van der Waals surface area contributed by atoms with Crippen LogP contribution in [0.2, 0.25) is 0 Å². The lowest BCUT2D eigenvalue weighted by Crippen LogP contribution is -2.47. The summed E-state index contributed by atoms with van der Waals surface area (Å²) in [6, 6.07) is 17.4. The zero-order valence-corrected chi connectivity index (χ0v) is 21.1. The number of rotatable bonds is 6. The summed E-state index contributed by atoms with van der Waals surface area (Å²) in [6.45, 7) is 0.704. The van der Waals surface area contributed by atoms with Gasteiger partial charge in [0.25, 0.3) is 0 Å². The lowest BCUT2D eigenvalue weighted by atomic mass is 10.0. The minimum Gasteiger partial charge on any atom is -0.343 e. The Morgan fingerprint density at radius 1 is 0.974 bits per heavy atom. The van der Waals surface area contributed by atoms with Crippen molar-refractivity contribution in [3.05, 3.63) is 84.5 Å². The molecule has 11 heteroatoms. The van der Waals surface area contributed by atoms with Crippen LogP contribution < -0.4 is 10.2 Å². The normalized spacial score (nSPS) is 15.4. The van der Waals surface area contributed by atoms with Crippen LogP contribution >= 0.6 is 11.3 Å². The fourth-order valence-electron chi connectivity index (χ4n) is 4.59. The van der Waals surface area contributed by atoms with Crippen molar-refractivity contribution in [2.24, 2.45) is 0 Å². The summed E-state index contributed by atoms with van der Waals surface area (Å²) < 4.78 is 15.8. The Morgan fingerprint density at radius 3 is 2.55 bits per heavy atom. The molecule has 0 bridgehead atoms. The molecule has 5 aromatic rings. The standard InChI is InChI=1S/C27H23FN8OS/c28-20-9-3-1-7-18(20)27-32-22(15-38-27)19-8-2-4-10-21(19)31-26(37)23-11-5-6-14-35(23)24-12-13-25(34-33-24)36-17-29-16-30-36/h1-4,7-10,12-13,15-17,23H,5-6,11,14H2,(H,31,37). The van der Waals surface area contributed by atoms with Crippen molar-refractivity contribution in [3.63, 3.8) is 0 Å². The van der Waals surface area contributed by atoms with Crippen LogP contribution in [0.15, 0.2) is 78.7 Å². The van der Waals surface area contributed by atoms with Crippen LogP contribution in [-0.4, -0.2) is 48.4 Å². The maximum atomic E-state index is 14.3. The topological polar surface area (TPSA) is 102 Å². The fraction of sp³-hybridized carbons (Fsp3) is 0.185. The zero-order valence-electron chi connectivity index (χ0n) is 20.2. The molecule has 38 heavy (non-hydrogen) atoms. The van der Waals surface area contributed by atoms with Crippen molar-refractivity contribution in [2.45, 2.75) is 25.3 Å². The lowest BCUT2D eigenvalue weighted by Gasteiger charge is -2.35. The van der Waals surface area contributed by atoms with Crippen molar-refractivity contribution in [2.75, 3.05) is 16.8 Å². The second kappa shape index (κ2) is 10.5. The van der Waals surface area contributed by atoms with E-state index in [1.54, 1.807) is 24.5 Å². The first-order chi connectivity index (χ1) is 18.7. The third-order valence-corrected chi connectivity index (χ3v) is 7.33. The lowest BCUT2D eigenvalue weighted by molar-refractivity contribution is -0.117. The second-order valence-electron chi connectivity index (χ2n) is 8.85. The van der Waals surface area contributed by atoms with E-state index in [0.717, 1.165) is 18.4 Å². The van der Waals surface area contributed by atoms with Crippen LogP contribution in [0.5, 0.6) is 0 Å². The van der Waals surface area contributed by atoms with Crippen molar-refractivity contribution >= 4 is 28.7 Å². The van der Waals surface area contributed by atoms with Crippen LogP contribution in [0.1, 0.15) is 19.3 Å². The molecule has 0 saturated carbocycles. The highest BCUT2D eigenvalue weighted by Crippen LogP contribution is 2.34. The summed E-state index contributed by atoms with van der Waals surface area (Å²) in [5, 5.41) is 18.3. The van der Waals surface area contributed by atoms with Gasteiger partial charge in [-0.25, -0.2) is 19.0 Å². The average molecular weight is 527 g/mol. The first-order valence-electron chi connectivity index (χ1n) is 12.2. The molecule has 2 aromatic carbocycles. The quantitative estimate of drug-likeness (QED) is 0.333. The molecule has 3 aromatic heterocycles. The summed E-state index contributed by atoms with van der Waals surface area (Å²) in [6.07, 6.45) is 5.60. The molecule has 1 amide bonds. The van der Waals surface area contributed by atoms with Gasteiger partial charge in [-0.05, 0) is 49.6 Å². The molecule has 4 heterocycles. The van der Waals surface area contributed by atoms with E-state index in [-0.39, 0.29) is 11.7 Å². The maximum Gasteiger partial charge on any atom is 0.247 e.